The van der Waals surface area contributed by atoms with Gasteiger partial charge in [-0.15, -0.1) is 0 Å². The predicted molar refractivity (Wildman–Crippen MR) is 80.6 cm³/mol. The number of hydrogen-bond donors (Lipinski definition) is 2. The van der Waals surface area contributed by atoms with Gasteiger partial charge in [0, 0.05) is 23.1 Å². The number of rotatable bonds is 3. The zero-order valence-electron chi connectivity index (χ0n) is 11.4. The standard InChI is InChI=1S/C15H18N2O2S/c1-20-14-6-2-5-12(14)17-15(19)13-8-7-11(10-16-13)4-3-9-18/h7-8,10,12,14,18H,2,5-6,9H2,1H3,(H,17,19). The number of carbonyl (C=O) groups excluding carboxylic acids is 1. The third-order valence-corrected chi connectivity index (χ3v) is 4.55. The van der Waals surface area contributed by atoms with E-state index in [1.807, 2.05) is 11.8 Å². The van der Waals surface area contributed by atoms with Crippen molar-refractivity contribution in [3.63, 3.8) is 0 Å². The van der Waals surface area contributed by atoms with Crippen molar-refractivity contribution in [3.05, 3.63) is 29.6 Å². The molecule has 1 aromatic rings. The van der Waals surface area contributed by atoms with E-state index in [2.05, 4.69) is 28.4 Å². The Morgan fingerprint density at radius 1 is 1.55 bits per heavy atom. The van der Waals surface area contributed by atoms with Crippen LogP contribution in [0.1, 0.15) is 35.3 Å². The molecule has 0 aromatic carbocycles. The van der Waals surface area contributed by atoms with Gasteiger partial charge in [-0.3, -0.25) is 4.79 Å². The summed E-state index contributed by atoms with van der Waals surface area (Å²) in [6, 6.07) is 3.65. The topological polar surface area (TPSA) is 62.2 Å². The van der Waals surface area contributed by atoms with Gasteiger partial charge in [0.2, 0.25) is 0 Å². The van der Waals surface area contributed by atoms with Crippen molar-refractivity contribution in [2.45, 2.75) is 30.6 Å². The summed E-state index contributed by atoms with van der Waals surface area (Å²) < 4.78 is 0. The minimum absolute atomic E-state index is 0.127. The number of pyridine rings is 1. The number of aliphatic hydroxyl groups is 1. The molecule has 20 heavy (non-hydrogen) atoms. The molecule has 1 saturated carbocycles. The van der Waals surface area contributed by atoms with Crippen LogP contribution < -0.4 is 5.32 Å². The maximum atomic E-state index is 12.1. The Hall–Kier alpha value is -1.51. The van der Waals surface area contributed by atoms with Crippen LogP contribution in [0.5, 0.6) is 0 Å². The molecular formula is C15H18N2O2S. The van der Waals surface area contributed by atoms with E-state index in [1.54, 1.807) is 18.3 Å². The molecule has 0 aliphatic heterocycles. The summed E-state index contributed by atoms with van der Waals surface area (Å²) in [6.07, 6.45) is 7.01. The van der Waals surface area contributed by atoms with Gasteiger partial charge in [0.1, 0.15) is 12.3 Å². The quantitative estimate of drug-likeness (QED) is 0.827. The first kappa shape index (κ1) is 14.9. The van der Waals surface area contributed by atoms with Gasteiger partial charge in [-0.2, -0.15) is 11.8 Å². The van der Waals surface area contributed by atoms with Crippen molar-refractivity contribution in [3.8, 4) is 11.8 Å². The third kappa shape index (κ3) is 3.75. The first-order valence-electron chi connectivity index (χ1n) is 6.64. The number of aliphatic hydroxyl groups excluding tert-OH is 1. The molecule has 2 atom stereocenters. The fraction of sp³-hybridized carbons (Fsp3) is 0.467. The molecule has 1 fully saturated rings. The van der Waals surface area contributed by atoms with E-state index in [0.29, 0.717) is 16.5 Å². The van der Waals surface area contributed by atoms with Gasteiger partial charge >= 0.3 is 0 Å². The second-order valence-electron chi connectivity index (χ2n) is 4.68. The Labute approximate surface area is 123 Å². The van der Waals surface area contributed by atoms with Crippen LogP contribution in [-0.2, 0) is 0 Å². The van der Waals surface area contributed by atoms with Crippen molar-refractivity contribution < 1.29 is 9.90 Å². The highest BCUT2D eigenvalue weighted by atomic mass is 32.2. The Morgan fingerprint density at radius 2 is 2.40 bits per heavy atom. The average Bonchev–Trinajstić information content (AvgIpc) is 2.92. The van der Waals surface area contributed by atoms with Gasteiger partial charge in [-0.1, -0.05) is 18.3 Å². The van der Waals surface area contributed by atoms with E-state index < -0.39 is 0 Å². The molecule has 1 aliphatic carbocycles. The lowest BCUT2D eigenvalue weighted by atomic mass is 10.2. The molecule has 5 heteroatoms. The Morgan fingerprint density at radius 3 is 3.05 bits per heavy atom. The van der Waals surface area contributed by atoms with Crippen LogP contribution >= 0.6 is 11.8 Å². The molecule has 106 valence electrons. The van der Waals surface area contributed by atoms with Crippen molar-refractivity contribution in [2.24, 2.45) is 0 Å². The number of thioether (sulfide) groups is 1. The van der Waals surface area contributed by atoms with E-state index in [0.717, 1.165) is 12.8 Å². The summed E-state index contributed by atoms with van der Waals surface area (Å²) in [6.45, 7) is -0.181. The smallest absolute Gasteiger partial charge is 0.270 e. The van der Waals surface area contributed by atoms with Crippen LogP contribution in [0.4, 0.5) is 0 Å². The minimum atomic E-state index is -0.181. The summed E-state index contributed by atoms with van der Waals surface area (Å²) in [5.41, 5.74) is 1.10. The highest BCUT2D eigenvalue weighted by Gasteiger charge is 2.28. The van der Waals surface area contributed by atoms with Gasteiger partial charge < -0.3 is 10.4 Å². The second kappa shape index (κ2) is 7.32. The maximum absolute atomic E-state index is 12.1. The van der Waals surface area contributed by atoms with Crippen LogP contribution in [0.15, 0.2) is 18.3 Å². The van der Waals surface area contributed by atoms with Gasteiger partial charge in [0.25, 0.3) is 5.91 Å². The van der Waals surface area contributed by atoms with Crippen molar-refractivity contribution in [1.29, 1.82) is 0 Å². The van der Waals surface area contributed by atoms with Crippen LogP contribution in [-0.4, -0.2) is 40.2 Å². The summed E-state index contributed by atoms with van der Waals surface area (Å²) in [7, 11) is 0. The first-order valence-corrected chi connectivity index (χ1v) is 7.93. The van der Waals surface area contributed by atoms with Crippen molar-refractivity contribution in [2.75, 3.05) is 12.9 Å². The van der Waals surface area contributed by atoms with Gasteiger partial charge in [0.15, 0.2) is 0 Å². The zero-order chi connectivity index (χ0) is 14.4. The summed E-state index contributed by atoms with van der Waals surface area (Å²) in [5, 5.41) is 12.2. The lowest BCUT2D eigenvalue weighted by molar-refractivity contribution is 0.0933. The molecule has 1 heterocycles. The number of hydrogen-bond acceptors (Lipinski definition) is 4. The molecule has 4 nitrogen and oxygen atoms in total. The summed E-state index contributed by atoms with van der Waals surface area (Å²) in [5.74, 6) is 5.17. The number of amides is 1. The molecule has 0 spiro atoms. The number of nitrogens with zero attached hydrogens (tertiary/aromatic N) is 1. The Kier molecular flexibility index (Phi) is 5.45. The second-order valence-corrected chi connectivity index (χ2v) is 5.75. The zero-order valence-corrected chi connectivity index (χ0v) is 12.2. The Balaban J connectivity index is 1.98. The van der Waals surface area contributed by atoms with E-state index in [-0.39, 0.29) is 18.6 Å². The average molecular weight is 290 g/mol. The molecule has 1 amide bonds. The van der Waals surface area contributed by atoms with Gasteiger partial charge in [-0.05, 0) is 31.2 Å². The highest BCUT2D eigenvalue weighted by Crippen LogP contribution is 2.28. The lowest BCUT2D eigenvalue weighted by Crippen LogP contribution is -2.38. The molecule has 2 rings (SSSR count). The third-order valence-electron chi connectivity index (χ3n) is 3.38. The van der Waals surface area contributed by atoms with E-state index in [9.17, 15) is 4.79 Å². The monoisotopic (exact) mass is 290 g/mol. The van der Waals surface area contributed by atoms with Gasteiger partial charge in [-0.25, -0.2) is 4.98 Å². The normalized spacial score (nSPS) is 21.1. The molecule has 2 unspecified atom stereocenters. The molecule has 0 radical (unpaired) electrons. The Bertz CT molecular complexity index is 519. The fourth-order valence-corrected chi connectivity index (χ4v) is 3.29. The predicted octanol–water partition coefficient (Wildman–Crippen LogP) is 1.44. The van der Waals surface area contributed by atoms with Crippen molar-refractivity contribution in [1.82, 2.24) is 10.3 Å². The van der Waals surface area contributed by atoms with Crippen LogP contribution in [0.25, 0.3) is 0 Å². The molecule has 0 saturated heterocycles. The van der Waals surface area contributed by atoms with Crippen LogP contribution in [0.2, 0.25) is 0 Å². The molecule has 0 bridgehead atoms. The van der Waals surface area contributed by atoms with E-state index >= 15 is 0 Å². The first-order chi connectivity index (χ1) is 9.74. The lowest BCUT2D eigenvalue weighted by Gasteiger charge is -2.18. The molecule has 1 aliphatic rings. The number of nitrogens with one attached hydrogen (secondary N) is 1. The van der Waals surface area contributed by atoms with E-state index in [4.69, 9.17) is 5.11 Å². The number of carbonyl (C=O) groups is 1. The van der Waals surface area contributed by atoms with Crippen LogP contribution in [0, 0.1) is 11.8 Å². The van der Waals surface area contributed by atoms with Crippen LogP contribution in [0.3, 0.4) is 0 Å². The largest absolute Gasteiger partial charge is 0.384 e. The maximum Gasteiger partial charge on any atom is 0.270 e. The van der Waals surface area contributed by atoms with Crippen molar-refractivity contribution >= 4 is 17.7 Å². The molecule has 1 aromatic heterocycles. The highest BCUT2D eigenvalue weighted by molar-refractivity contribution is 7.99. The van der Waals surface area contributed by atoms with E-state index in [1.165, 1.54) is 6.42 Å². The fourth-order valence-electron chi connectivity index (χ4n) is 2.36. The summed E-state index contributed by atoms with van der Waals surface area (Å²) >= 11 is 1.81. The molecule has 2 N–H and O–H groups in total. The number of aromatic nitrogens is 1. The summed E-state index contributed by atoms with van der Waals surface area (Å²) in [4.78, 5) is 16.3. The minimum Gasteiger partial charge on any atom is -0.384 e. The van der Waals surface area contributed by atoms with Gasteiger partial charge in [0.05, 0.1) is 0 Å². The molecular weight excluding hydrogens is 272 g/mol. The SMILES string of the molecule is CSC1CCCC1NC(=O)c1ccc(C#CCO)cn1.